The lowest BCUT2D eigenvalue weighted by Crippen LogP contribution is -2.40. The average Bonchev–Trinajstić information content (AvgIpc) is 3.28. The van der Waals surface area contributed by atoms with Gasteiger partial charge in [-0.25, -0.2) is 4.98 Å². The first-order chi connectivity index (χ1) is 12.3. The van der Waals surface area contributed by atoms with Crippen LogP contribution in [0, 0.1) is 0 Å². The van der Waals surface area contributed by atoms with Gasteiger partial charge < -0.3 is 14.4 Å². The number of halogens is 3. The van der Waals surface area contributed by atoms with Crippen molar-refractivity contribution in [3.63, 3.8) is 0 Å². The van der Waals surface area contributed by atoms with Crippen LogP contribution in [-0.4, -0.2) is 42.7 Å². The van der Waals surface area contributed by atoms with E-state index in [2.05, 4.69) is 4.98 Å². The van der Waals surface area contributed by atoms with E-state index in [0.717, 1.165) is 10.5 Å². The van der Waals surface area contributed by atoms with Crippen LogP contribution in [0.25, 0.3) is 10.6 Å². The van der Waals surface area contributed by atoms with E-state index in [1.807, 2.05) is 0 Å². The highest BCUT2D eigenvalue weighted by Gasteiger charge is 2.46. The maximum absolute atomic E-state index is 12.8. The number of hydrogen-bond donors (Lipinski definition) is 0. The maximum Gasteiger partial charge on any atom is 0.471 e. The number of nitrogens with zero attached hydrogens (tertiary/aromatic N) is 2. The van der Waals surface area contributed by atoms with Crippen LogP contribution >= 0.6 is 11.3 Å². The molecule has 9 heteroatoms. The Hall–Kier alpha value is -2.29. The van der Waals surface area contributed by atoms with Gasteiger partial charge in [-0.15, -0.1) is 11.3 Å². The Kier molecular flexibility index (Phi) is 5.08. The summed E-state index contributed by atoms with van der Waals surface area (Å²) in [7, 11) is 3.05. The molecule has 5 nitrogen and oxygen atoms in total. The number of benzene rings is 1. The summed E-state index contributed by atoms with van der Waals surface area (Å²) in [6, 6.07) is 4.66. The van der Waals surface area contributed by atoms with E-state index in [4.69, 9.17) is 9.47 Å². The molecule has 0 bridgehead atoms. The van der Waals surface area contributed by atoms with E-state index in [-0.39, 0.29) is 6.54 Å². The van der Waals surface area contributed by atoms with Crippen LogP contribution in [0.2, 0.25) is 0 Å². The van der Waals surface area contributed by atoms with Gasteiger partial charge in [0.15, 0.2) is 11.5 Å². The zero-order valence-electron chi connectivity index (χ0n) is 14.2. The highest BCUT2D eigenvalue weighted by Crippen LogP contribution is 2.38. The number of ether oxygens (including phenoxy) is 2. The minimum Gasteiger partial charge on any atom is -0.493 e. The molecule has 1 atom stereocenters. The summed E-state index contributed by atoms with van der Waals surface area (Å²) >= 11 is 1.32. The molecular formula is C17H17F3N2O3S. The fourth-order valence-electron chi connectivity index (χ4n) is 3.02. The Labute approximate surface area is 152 Å². The van der Waals surface area contributed by atoms with Crippen molar-refractivity contribution in [3.8, 4) is 22.1 Å². The molecule has 1 aliphatic rings. The van der Waals surface area contributed by atoms with Crippen LogP contribution in [0.15, 0.2) is 23.6 Å². The summed E-state index contributed by atoms with van der Waals surface area (Å²) in [6.07, 6.45) is -3.88. The largest absolute Gasteiger partial charge is 0.493 e. The first kappa shape index (κ1) is 18.5. The van der Waals surface area contributed by atoms with Crippen LogP contribution in [0.3, 0.4) is 0 Å². The number of methoxy groups -OCH3 is 2. The van der Waals surface area contributed by atoms with Crippen LogP contribution in [0.4, 0.5) is 13.2 Å². The summed E-state index contributed by atoms with van der Waals surface area (Å²) in [5.41, 5.74) is 1.25. The van der Waals surface area contributed by atoms with E-state index in [0.29, 0.717) is 35.0 Å². The minimum atomic E-state index is -4.87. The number of hydrogen-bond acceptors (Lipinski definition) is 5. The number of carbonyl (C=O) groups is 1. The molecule has 1 amide bonds. The molecule has 26 heavy (non-hydrogen) atoms. The summed E-state index contributed by atoms with van der Waals surface area (Å²) in [5.74, 6) is -0.692. The van der Waals surface area contributed by atoms with Crippen molar-refractivity contribution in [3.05, 3.63) is 29.3 Å². The van der Waals surface area contributed by atoms with E-state index < -0.39 is 18.1 Å². The second-order valence-corrected chi connectivity index (χ2v) is 6.66. The lowest BCUT2D eigenvalue weighted by molar-refractivity contribution is -0.186. The highest BCUT2D eigenvalue weighted by molar-refractivity contribution is 7.13. The van der Waals surface area contributed by atoms with Gasteiger partial charge >= 0.3 is 12.1 Å². The van der Waals surface area contributed by atoms with E-state index in [1.54, 1.807) is 23.6 Å². The van der Waals surface area contributed by atoms with Gasteiger partial charge in [-0.3, -0.25) is 4.79 Å². The third-order valence-corrected chi connectivity index (χ3v) is 5.16. The third kappa shape index (κ3) is 3.48. The molecule has 1 fully saturated rings. The van der Waals surface area contributed by atoms with E-state index in [1.165, 1.54) is 25.6 Å². The summed E-state index contributed by atoms with van der Waals surface area (Å²) < 4.78 is 48.8. The van der Waals surface area contributed by atoms with Gasteiger partial charge in [-0.1, -0.05) is 0 Å². The molecule has 2 aromatic rings. The Morgan fingerprint density at radius 2 is 2.00 bits per heavy atom. The quantitative estimate of drug-likeness (QED) is 0.795. The Bertz CT molecular complexity index is 807. The molecule has 0 radical (unpaired) electrons. The van der Waals surface area contributed by atoms with Gasteiger partial charge in [-0.05, 0) is 31.0 Å². The Morgan fingerprint density at radius 3 is 2.65 bits per heavy atom. The SMILES string of the molecule is COc1ccc(-c2nc([C@@H]3CCCN3C(=O)C(F)(F)F)cs2)cc1OC. The first-order valence-electron chi connectivity index (χ1n) is 7.90. The lowest BCUT2D eigenvalue weighted by Gasteiger charge is -2.24. The number of likely N-dealkylation sites (tertiary alicyclic amines) is 1. The third-order valence-electron chi connectivity index (χ3n) is 4.25. The smallest absolute Gasteiger partial charge is 0.471 e. The lowest BCUT2D eigenvalue weighted by atomic mass is 10.1. The zero-order chi connectivity index (χ0) is 18.9. The van der Waals surface area contributed by atoms with E-state index >= 15 is 0 Å². The average molecular weight is 386 g/mol. The van der Waals surface area contributed by atoms with E-state index in [9.17, 15) is 18.0 Å². The number of rotatable bonds is 4. The molecule has 0 spiro atoms. The van der Waals surface area contributed by atoms with Gasteiger partial charge in [0.25, 0.3) is 0 Å². The van der Waals surface area contributed by atoms with Gasteiger partial charge in [0.2, 0.25) is 0 Å². The molecule has 3 rings (SSSR count). The molecule has 140 valence electrons. The second kappa shape index (κ2) is 7.14. The number of alkyl halides is 3. The van der Waals surface area contributed by atoms with Crippen LogP contribution in [0.5, 0.6) is 11.5 Å². The monoisotopic (exact) mass is 386 g/mol. The molecule has 2 heterocycles. The zero-order valence-corrected chi connectivity index (χ0v) is 15.0. The highest BCUT2D eigenvalue weighted by atomic mass is 32.1. The molecular weight excluding hydrogens is 369 g/mol. The van der Waals surface area contributed by atoms with Crippen molar-refractivity contribution in [1.82, 2.24) is 9.88 Å². The predicted octanol–water partition coefficient (Wildman–Crippen LogP) is 4.05. The molecule has 1 aromatic heterocycles. The molecule has 0 unspecified atom stereocenters. The van der Waals surface area contributed by atoms with Gasteiger partial charge in [-0.2, -0.15) is 13.2 Å². The van der Waals surface area contributed by atoms with Crippen LogP contribution in [-0.2, 0) is 4.79 Å². The van der Waals surface area contributed by atoms with Crippen molar-refractivity contribution in [2.75, 3.05) is 20.8 Å². The second-order valence-electron chi connectivity index (χ2n) is 5.80. The predicted molar refractivity (Wildman–Crippen MR) is 90.4 cm³/mol. The van der Waals surface area contributed by atoms with Crippen molar-refractivity contribution < 1.29 is 27.4 Å². The first-order valence-corrected chi connectivity index (χ1v) is 8.78. The number of amides is 1. The molecule has 1 aromatic carbocycles. The Morgan fingerprint density at radius 1 is 1.27 bits per heavy atom. The van der Waals surface area contributed by atoms with Crippen molar-refractivity contribution in [2.45, 2.75) is 25.1 Å². The molecule has 1 saturated heterocycles. The van der Waals surface area contributed by atoms with Crippen molar-refractivity contribution in [2.24, 2.45) is 0 Å². The number of thiazole rings is 1. The molecule has 1 aliphatic heterocycles. The number of carbonyl (C=O) groups excluding carboxylic acids is 1. The molecule has 0 N–H and O–H groups in total. The van der Waals surface area contributed by atoms with Gasteiger partial charge in [0, 0.05) is 17.5 Å². The van der Waals surface area contributed by atoms with Gasteiger partial charge in [0.1, 0.15) is 5.01 Å². The minimum absolute atomic E-state index is 0.0895. The normalized spacial score (nSPS) is 17.4. The van der Waals surface area contributed by atoms with Crippen LogP contribution < -0.4 is 9.47 Å². The fraction of sp³-hybridized carbons (Fsp3) is 0.412. The maximum atomic E-state index is 12.8. The standard InChI is InChI=1S/C17H17F3N2O3S/c1-24-13-6-5-10(8-14(13)25-2)15-21-11(9-26-15)12-4-3-7-22(12)16(23)17(18,19)20/h5-6,8-9,12H,3-4,7H2,1-2H3/t12-/m0/s1. The van der Waals surface area contributed by atoms with Gasteiger partial charge in [0.05, 0.1) is 26.0 Å². The van der Waals surface area contributed by atoms with Crippen LogP contribution in [0.1, 0.15) is 24.6 Å². The van der Waals surface area contributed by atoms with Crippen molar-refractivity contribution >= 4 is 17.2 Å². The summed E-state index contributed by atoms with van der Waals surface area (Å²) in [6.45, 7) is 0.0895. The van der Waals surface area contributed by atoms with Crippen molar-refractivity contribution in [1.29, 1.82) is 0 Å². The molecule has 0 saturated carbocycles. The summed E-state index contributed by atoms with van der Waals surface area (Å²) in [5, 5.41) is 2.35. The topological polar surface area (TPSA) is 51.7 Å². The Balaban J connectivity index is 1.87. The summed E-state index contributed by atoms with van der Waals surface area (Å²) in [4.78, 5) is 17.0. The molecule has 0 aliphatic carbocycles. The number of aromatic nitrogens is 1. The fourth-order valence-corrected chi connectivity index (χ4v) is 3.88.